The Balaban J connectivity index is 1.68. The van der Waals surface area contributed by atoms with Crippen molar-refractivity contribution < 1.29 is 0 Å². The highest BCUT2D eigenvalue weighted by atomic mass is 32.2. The van der Waals surface area contributed by atoms with Gasteiger partial charge in [-0.15, -0.1) is 0 Å². The molecule has 140 valence electrons. The lowest BCUT2D eigenvalue weighted by Gasteiger charge is -2.06. The minimum atomic E-state index is 0.776. The first-order chi connectivity index (χ1) is 14.4. The SMILES string of the molecule is c1ccc(Cn2cc(Sc3ccccc3)c3c(-c4ccccc4)ncnc32)cc1. The van der Waals surface area contributed by atoms with Crippen LogP contribution >= 0.6 is 11.8 Å². The minimum Gasteiger partial charge on any atom is -0.327 e. The molecule has 0 atom stereocenters. The van der Waals surface area contributed by atoms with Crippen molar-refractivity contribution in [2.75, 3.05) is 0 Å². The van der Waals surface area contributed by atoms with Crippen LogP contribution in [0.5, 0.6) is 0 Å². The van der Waals surface area contributed by atoms with E-state index in [9.17, 15) is 0 Å². The number of fused-ring (bicyclic) bond motifs is 1. The number of benzene rings is 3. The summed E-state index contributed by atoms with van der Waals surface area (Å²) in [5, 5.41) is 1.10. The van der Waals surface area contributed by atoms with Crippen molar-refractivity contribution >= 4 is 22.8 Å². The molecule has 0 saturated carbocycles. The van der Waals surface area contributed by atoms with Gasteiger partial charge in [-0.05, 0) is 17.7 Å². The summed E-state index contributed by atoms with van der Waals surface area (Å²) in [5.41, 5.74) is 4.29. The average Bonchev–Trinajstić information content (AvgIpc) is 3.13. The molecule has 4 heteroatoms. The van der Waals surface area contributed by atoms with Gasteiger partial charge in [-0.3, -0.25) is 0 Å². The lowest BCUT2D eigenvalue weighted by Crippen LogP contribution is -1.99. The summed E-state index contributed by atoms with van der Waals surface area (Å²) >= 11 is 1.76. The Morgan fingerprint density at radius 2 is 1.38 bits per heavy atom. The second-order valence-corrected chi connectivity index (χ2v) is 7.92. The molecule has 0 unspecified atom stereocenters. The Morgan fingerprint density at radius 3 is 2.10 bits per heavy atom. The molecule has 0 spiro atoms. The van der Waals surface area contributed by atoms with E-state index in [4.69, 9.17) is 0 Å². The predicted molar refractivity (Wildman–Crippen MR) is 119 cm³/mol. The van der Waals surface area contributed by atoms with E-state index in [1.165, 1.54) is 15.4 Å². The van der Waals surface area contributed by atoms with Crippen LogP contribution in [0.3, 0.4) is 0 Å². The van der Waals surface area contributed by atoms with Crippen LogP contribution in [0.15, 0.2) is 113 Å². The Hall–Kier alpha value is -3.37. The van der Waals surface area contributed by atoms with E-state index in [2.05, 4.69) is 81.4 Å². The quantitative estimate of drug-likeness (QED) is 0.351. The van der Waals surface area contributed by atoms with E-state index in [0.29, 0.717) is 0 Å². The third kappa shape index (κ3) is 3.67. The predicted octanol–water partition coefficient (Wildman–Crippen LogP) is 6.30. The largest absolute Gasteiger partial charge is 0.327 e. The van der Waals surface area contributed by atoms with Crippen LogP contribution in [0.4, 0.5) is 0 Å². The van der Waals surface area contributed by atoms with Crippen LogP contribution in [0.25, 0.3) is 22.3 Å². The standard InChI is InChI=1S/C25H19N3S/c1-4-10-19(11-5-1)16-28-17-22(29-21-14-8-3-9-15-21)23-24(26-18-27-25(23)28)20-12-6-2-7-13-20/h1-15,17-18H,16H2. The van der Waals surface area contributed by atoms with Crippen LogP contribution in [-0.4, -0.2) is 14.5 Å². The maximum absolute atomic E-state index is 4.66. The second kappa shape index (κ2) is 7.94. The number of aromatic nitrogens is 3. The minimum absolute atomic E-state index is 0.776. The van der Waals surface area contributed by atoms with Crippen molar-refractivity contribution in [1.29, 1.82) is 0 Å². The van der Waals surface area contributed by atoms with Gasteiger partial charge < -0.3 is 4.57 Å². The Labute approximate surface area is 174 Å². The summed E-state index contributed by atoms with van der Waals surface area (Å²) in [6.45, 7) is 0.776. The van der Waals surface area contributed by atoms with E-state index < -0.39 is 0 Å². The number of nitrogens with zero attached hydrogens (tertiary/aromatic N) is 3. The molecule has 0 saturated heterocycles. The van der Waals surface area contributed by atoms with Gasteiger partial charge in [0.1, 0.15) is 12.0 Å². The fourth-order valence-corrected chi connectivity index (χ4v) is 4.51. The van der Waals surface area contributed by atoms with Crippen LogP contribution < -0.4 is 0 Å². The fraction of sp³-hybridized carbons (Fsp3) is 0.0400. The first kappa shape index (κ1) is 17.7. The van der Waals surface area contributed by atoms with Gasteiger partial charge in [0.2, 0.25) is 0 Å². The van der Waals surface area contributed by atoms with E-state index in [0.717, 1.165) is 28.8 Å². The zero-order valence-corrected chi connectivity index (χ0v) is 16.6. The van der Waals surface area contributed by atoms with Gasteiger partial charge in [0.15, 0.2) is 0 Å². The Bertz CT molecular complexity index is 1230. The summed E-state index contributed by atoms with van der Waals surface area (Å²) in [7, 11) is 0. The fourth-order valence-electron chi connectivity index (χ4n) is 3.50. The van der Waals surface area contributed by atoms with Crippen molar-refractivity contribution in [3.05, 3.63) is 109 Å². The highest BCUT2D eigenvalue weighted by Crippen LogP contribution is 2.38. The van der Waals surface area contributed by atoms with Crippen molar-refractivity contribution in [3.8, 4) is 11.3 Å². The lowest BCUT2D eigenvalue weighted by atomic mass is 10.1. The van der Waals surface area contributed by atoms with E-state index >= 15 is 0 Å². The highest BCUT2D eigenvalue weighted by Gasteiger charge is 2.17. The van der Waals surface area contributed by atoms with Crippen LogP contribution in [0, 0.1) is 0 Å². The smallest absolute Gasteiger partial charge is 0.145 e. The molecule has 0 aliphatic carbocycles. The first-order valence-electron chi connectivity index (χ1n) is 9.54. The maximum atomic E-state index is 4.66. The van der Waals surface area contributed by atoms with Crippen molar-refractivity contribution in [2.24, 2.45) is 0 Å². The van der Waals surface area contributed by atoms with Gasteiger partial charge >= 0.3 is 0 Å². The summed E-state index contributed by atoms with van der Waals surface area (Å²) in [4.78, 5) is 11.7. The maximum Gasteiger partial charge on any atom is 0.145 e. The molecule has 0 aliphatic heterocycles. The summed E-state index contributed by atoms with van der Waals surface area (Å²) in [6, 6.07) is 31.3. The number of hydrogen-bond acceptors (Lipinski definition) is 3. The molecule has 5 rings (SSSR count). The lowest BCUT2D eigenvalue weighted by molar-refractivity contribution is 0.818. The molecule has 2 heterocycles. The number of hydrogen-bond donors (Lipinski definition) is 0. The Kier molecular flexibility index (Phi) is 4.85. The molecule has 0 bridgehead atoms. The summed E-state index contributed by atoms with van der Waals surface area (Å²) in [5.74, 6) is 0. The normalized spacial score (nSPS) is 11.0. The molecule has 3 nitrogen and oxygen atoms in total. The third-order valence-electron chi connectivity index (χ3n) is 4.83. The van der Waals surface area contributed by atoms with Gasteiger partial charge in [0.25, 0.3) is 0 Å². The average molecular weight is 394 g/mol. The van der Waals surface area contributed by atoms with Crippen molar-refractivity contribution in [2.45, 2.75) is 16.3 Å². The molecule has 3 aromatic carbocycles. The topological polar surface area (TPSA) is 30.7 Å². The van der Waals surface area contributed by atoms with Gasteiger partial charge in [-0.2, -0.15) is 0 Å². The number of rotatable bonds is 5. The molecule has 0 fully saturated rings. The third-order valence-corrected chi connectivity index (χ3v) is 5.87. The van der Waals surface area contributed by atoms with Gasteiger partial charge in [-0.25, -0.2) is 9.97 Å². The Morgan fingerprint density at radius 1 is 0.724 bits per heavy atom. The van der Waals surface area contributed by atoms with Crippen molar-refractivity contribution in [1.82, 2.24) is 14.5 Å². The highest BCUT2D eigenvalue weighted by molar-refractivity contribution is 7.99. The van der Waals surface area contributed by atoms with E-state index in [1.54, 1.807) is 18.1 Å². The monoisotopic (exact) mass is 393 g/mol. The zero-order valence-electron chi connectivity index (χ0n) is 15.8. The molecular formula is C25H19N3S. The molecule has 5 aromatic rings. The van der Waals surface area contributed by atoms with Gasteiger partial charge in [0.05, 0.1) is 11.1 Å². The molecule has 0 aliphatic rings. The summed E-state index contributed by atoms with van der Waals surface area (Å²) in [6.07, 6.45) is 3.87. The summed E-state index contributed by atoms with van der Waals surface area (Å²) < 4.78 is 2.23. The molecule has 2 aromatic heterocycles. The molecule has 0 N–H and O–H groups in total. The van der Waals surface area contributed by atoms with Gasteiger partial charge in [0, 0.05) is 28.1 Å². The molecule has 0 radical (unpaired) electrons. The van der Waals surface area contributed by atoms with Crippen LogP contribution in [-0.2, 0) is 6.54 Å². The molecular weight excluding hydrogens is 374 g/mol. The van der Waals surface area contributed by atoms with Crippen LogP contribution in [0.1, 0.15) is 5.56 Å². The first-order valence-corrected chi connectivity index (χ1v) is 10.4. The molecule has 0 amide bonds. The van der Waals surface area contributed by atoms with Crippen molar-refractivity contribution in [3.63, 3.8) is 0 Å². The molecule has 29 heavy (non-hydrogen) atoms. The van der Waals surface area contributed by atoms with E-state index in [1.807, 2.05) is 30.3 Å². The van der Waals surface area contributed by atoms with Gasteiger partial charge in [-0.1, -0.05) is 90.6 Å². The van der Waals surface area contributed by atoms with E-state index in [-0.39, 0.29) is 0 Å². The van der Waals surface area contributed by atoms with Crippen LogP contribution in [0.2, 0.25) is 0 Å². The second-order valence-electron chi connectivity index (χ2n) is 6.81. The zero-order chi connectivity index (χ0) is 19.5.